The van der Waals surface area contributed by atoms with E-state index in [-0.39, 0.29) is 11.4 Å². The Hall–Kier alpha value is -2.83. The lowest BCUT2D eigenvalue weighted by Gasteiger charge is -2.09. The van der Waals surface area contributed by atoms with E-state index in [1.807, 2.05) is 5.32 Å². The fourth-order valence-corrected chi connectivity index (χ4v) is 2.67. The van der Waals surface area contributed by atoms with Crippen LogP contribution in [0.5, 0.6) is 0 Å². The van der Waals surface area contributed by atoms with Crippen molar-refractivity contribution < 1.29 is 31.1 Å². The van der Waals surface area contributed by atoms with Crippen LogP contribution in [0, 0.1) is 13.8 Å². The lowest BCUT2D eigenvalue weighted by Crippen LogP contribution is -2.18. The monoisotopic (exact) mass is 426 g/mol. The molecule has 150 valence electrons. The van der Waals surface area contributed by atoms with Gasteiger partial charge >= 0.3 is 12.4 Å². The number of aromatic amines is 1. The molecule has 0 fully saturated rings. The molecule has 2 N–H and O–H groups in total. The minimum absolute atomic E-state index is 0.0429. The molecule has 28 heavy (non-hydrogen) atoms. The summed E-state index contributed by atoms with van der Waals surface area (Å²) in [6, 6.07) is 0.694. The molecule has 0 aliphatic carbocycles. The Bertz CT molecular complexity index is 1080. The Morgan fingerprint density at radius 1 is 1.18 bits per heavy atom. The number of anilines is 1. The summed E-state index contributed by atoms with van der Waals surface area (Å²) in [5.74, 6) is -1.25. The SMILES string of the molecule is Cc1cc(C(F)(F)F)n2nc(C(=O)Nc3c(C(F)(F)F)n[nH]c3C)c(Cl)c2n1. The second kappa shape index (κ2) is 6.36. The highest BCUT2D eigenvalue weighted by molar-refractivity contribution is 6.37. The predicted molar refractivity (Wildman–Crippen MR) is 84.0 cm³/mol. The average molecular weight is 427 g/mol. The normalized spacial score (nSPS) is 12.6. The van der Waals surface area contributed by atoms with Crippen LogP contribution in [0.3, 0.4) is 0 Å². The highest BCUT2D eigenvalue weighted by atomic mass is 35.5. The third-order valence-corrected chi connectivity index (χ3v) is 3.97. The molecular formula is C14H9ClF6N6O. The molecule has 14 heteroatoms. The average Bonchev–Trinajstić information content (AvgIpc) is 3.07. The van der Waals surface area contributed by atoms with Crippen molar-refractivity contribution in [3.05, 3.63) is 39.6 Å². The highest BCUT2D eigenvalue weighted by Crippen LogP contribution is 2.36. The predicted octanol–water partition coefficient (Wildman–Crippen LogP) is 4.01. The summed E-state index contributed by atoms with van der Waals surface area (Å²) in [7, 11) is 0. The Kier molecular flexibility index (Phi) is 4.52. The molecule has 7 nitrogen and oxygen atoms in total. The molecule has 3 heterocycles. The second-order valence-corrected chi connectivity index (χ2v) is 6.08. The van der Waals surface area contributed by atoms with Gasteiger partial charge < -0.3 is 5.32 Å². The van der Waals surface area contributed by atoms with Crippen LogP contribution in [0.2, 0.25) is 5.02 Å². The number of rotatable bonds is 2. The van der Waals surface area contributed by atoms with Crippen LogP contribution >= 0.6 is 11.6 Å². The van der Waals surface area contributed by atoms with Gasteiger partial charge in [-0.3, -0.25) is 9.89 Å². The number of nitrogens with zero attached hydrogens (tertiary/aromatic N) is 4. The Balaban J connectivity index is 2.10. The fraction of sp³-hybridized carbons (Fsp3) is 0.286. The second-order valence-electron chi connectivity index (χ2n) is 5.70. The van der Waals surface area contributed by atoms with Gasteiger partial charge in [0.1, 0.15) is 10.7 Å². The summed E-state index contributed by atoms with van der Waals surface area (Å²) in [6.07, 6.45) is -9.71. The van der Waals surface area contributed by atoms with E-state index in [2.05, 4.69) is 20.3 Å². The van der Waals surface area contributed by atoms with Crippen LogP contribution in [0.25, 0.3) is 5.65 Å². The van der Waals surface area contributed by atoms with Crippen LogP contribution in [-0.4, -0.2) is 30.7 Å². The van der Waals surface area contributed by atoms with E-state index in [9.17, 15) is 31.1 Å². The molecule has 0 radical (unpaired) electrons. The number of alkyl halides is 6. The third-order valence-electron chi connectivity index (χ3n) is 3.62. The number of nitrogens with one attached hydrogen (secondary N) is 2. The van der Waals surface area contributed by atoms with Crippen molar-refractivity contribution in [1.29, 1.82) is 0 Å². The first-order valence-electron chi connectivity index (χ1n) is 7.37. The van der Waals surface area contributed by atoms with Gasteiger partial charge in [-0.05, 0) is 19.9 Å². The van der Waals surface area contributed by atoms with E-state index in [1.165, 1.54) is 13.8 Å². The van der Waals surface area contributed by atoms with E-state index < -0.39 is 51.7 Å². The zero-order valence-corrected chi connectivity index (χ0v) is 14.7. The molecule has 0 saturated carbocycles. The van der Waals surface area contributed by atoms with Gasteiger partial charge in [-0.25, -0.2) is 9.50 Å². The lowest BCUT2D eigenvalue weighted by molar-refractivity contribution is -0.143. The summed E-state index contributed by atoms with van der Waals surface area (Å²) in [6.45, 7) is 2.50. The first kappa shape index (κ1) is 19.9. The lowest BCUT2D eigenvalue weighted by atomic mass is 10.2. The number of aryl methyl sites for hydroxylation is 2. The zero-order chi connectivity index (χ0) is 21.0. The van der Waals surface area contributed by atoms with Crippen molar-refractivity contribution in [2.45, 2.75) is 26.2 Å². The number of carbonyl (C=O) groups is 1. The zero-order valence-electron chi connectivity index (χ0n) is 13.9. The van der Waals surface area contributed by atoms with Gasteiger partial charge in [-0.2, -0.15) is 36.5 Å². The van der Waals surface area contributed by atoms with Gasteiger partial charge in [0.15, 0.2) is 17.0 Å². The molecule has 0 spiro atoms. The number of amides is 1. The topological polar surface area (TPSA) is 88.0 Å². The molecule has 0 aromatic carbocycles. The summed E-state index contributed by atoms with van der Waals surface area (Å²) in [4.78, 5) is 16.2. The maximum Gasteiger partial charge on any atom is 0.437 e. The van der Waals surface area contributed by atoms with E-state index in [4.69, 9.17) is 11.6 Å². The minimum atomic E-state index is -4.88. The van der Waals surface area contributed by atoms with E-state index in [1.54, 1.807) is 0 Å². The minimum Gasteiger partial charge on any atom is -0.317 e. The van der Waals surface area contributed by atoms with Gasteiger partial charge in [-0.15, -0.1) is 0 Å². The molecular weight excluding hydrogens is 418 g/mol. The summed E-state index contributed by atoms with van der Waals surface area (Å²) in [5, 5.41) is 10.0. The number of hydrogen-bond donors (Lipinski definition) is 2. The number of hydrogen-bond acceptors (Lipinski definition) is 4. The largest absolute Gasteiger partial charge is 0.437 e. The summed E-state index contributed by atoms with van der Waals surface area (Å²) < 4.78 is 78.9. The summed E-state index contributed by atoms with van der Waals surface area (Å²) >= 11 is 5.94. The molecule has 0 saturated heterocycles. The van der Waals surface area contributed by atoms with Gasteiger partial charge in [0.2, 0.25) is 0 Å². The first-order chi connectivity index (χ1) is 12.8. The van der Waals surface area contributed by atoms with Crippen LogP contribution in [0.4, 0.5) is 32.0 Å². The van der Waals surface area contributed by atoms with E-state index in [0.29, 0.717) is 10.6 Å². The molecule has 1 amide bonds. The molecule has 3 rings (SSSR count). The molecule has 0 bridgehead atoms. The standard InChI is InChI=1S/C14H9ClF6N6O/c1-4-3-6(13(16,17)18)27-11(22-4)7(15)9(26-27)12(28)23-8-5(2)24-25-10(8)14(19,20)21/h3H,1-2H3,(H,23,28)(H,24,25). The Morgan fingerprint density at radius 3 is 2.39 bits per heavy atom. The fourth-order valence-electron chi connectivity index (χ4n) is 2.42. The maximum absolute atomic E-state index is 13.2. The molecule has 0 unspecified atom stereocenters. The molecule has 3 aromatic heterocycles. The van der Waals surface area contributed by atoms with Crippen molar-refractivity contribution >= 4 is 28.8 Å². The van der Waals surface area contributed by atoms with E-state index >= 15 is 0 Å². The quantitative estimate of drug-likeness (QED) is 0.606. The number of aromatic nitrogens is 5. The number of fused-ring (bicyclic) bond motifs is 1. The van der Waals surface area contributed by atoms with Crippen molar-refractivity contribution in [1.82, 2.24) is 24.8 Å². The van der Waals surface area contributed by atoms with Crippen LogP contribution in [-0.2, 0) is 12.4 Å². The Morgan fingerprint density at radius 2 is 1.82 bits per heavy atom. The third kappa shape index (κ3) is 3.37. The number of H-pyrrole nitrogens is 1. The summed E-state index contributed by atoms with van der Waals surface area (Å²) in [5.41, 5.74) is -4.68. The van der Waals surface area contributed by atoms with E-state index in [0.717, 1.165) is 0 Å². The smallest absolute Gasteiger partial charge is 0.317 e. The highest BCUT2D eigenvalue weighted by Gasteiger charge is 2.39. The van der Waals surface area contributed by atoms with Gasteiger partial charge in [0.05, 0.1) is 11.4 Å². The molecule has 0 aliphatic heterocycles. The van der Waals surface area contributed by atoms with Crippen molar-refractivity contribution in [2.75, 3.05) is 5.32 Å². The van der Waals surface area contributed by atoms with Crippen molar-refractivity contribution in [3.8, 4) is 0 Å². The number of halogens is 7. The Labute approximate surface area is 156 Å². The van der Waals surface area contributed by atoms with Crippen LogP contribution in [0.15, 0.2) is 6.07 Å². The maximum atomic E-state index is 13.2. The van der Waals surface area contributed by atoms with Crippen LogP contribution in [0.1, 0.15) is 33.3 Å². The van der Waals surface area contributed by atoms with Crippen LogP contribution < -0.4 is 5.32 Å². The first-order valence-corrected chi connectivity index (χ1v) is 7.75. The van der Waals surface area contributed by atoms with Gasteiger partial charge in [0, 0.05) is 5.69 Å². The molecule has 3 aromatic rings. The van der Waals surface area contributed by atoms with Gasteiger partial charge in [-0.1, -0.05) is 11.6 Å². The molecule has 0 aliphatic rings. The molecule has 0 atom stereocenters. The van der Waals surface area contributed by atoms with Crippen molar-refractivity contribution in [2.24, 2.45) is 0 Å². The number of carbonyl (C=O) groups excluding carboxylic acids is 1. The van der Waals surface area contributed by atoms with Crippen molar-refractivity contribution in [3.63, 3.8) is 0 Å². The van der Waals surface area contributed by atoms with Gasteiger partial charge in [0.25, 0.3) is 5.91 Å².